The maximum atomic E-state index is 5.44. The Bertz CT molecular complexity index is 7230. The summed E-state index contributed by atoms with van der Waals surface area (Å²) in [5, 5.41) is 24.0. The molecule has 20 nitrogen and oxygen atoms in total. The van der Waals surface area contributed by atoms with Crippen molar-refractivity contribution in [2.24, 2.45) is 7.05 Å². The number of anilines is 4. The highest BCUT2D eigenvalue weighted by Gasteiger charge is 2.31. The minimum atomic E-state index is 0.0301. The van der Waals surface area contributed by atoms with E-state index in [2.05, 4.69) is 463 Å². The van der Waals surface area contributed by atoms with Crippen LogP contribution in [0.15, 0.2) is 263 Å². The van der Waals surface area contributed by atoms with Gasteiger partial charge in [0, 0.05) is 193 Å². The van der Waals surface area contributed by atoms with Crippen LogP contribution in [0.3, 0.4) is 0 Å². The second-order valence-corrected chi connectivity index (χ2v) is 48.5. The maximum absolute atomic E-state index is 5.44. The van der Waals surface area contributed by atoms with E-state index in [4.69, 9.17) is 29.4 Å². The molecule has 0 amide bonds. The number of imidazole rings is 2. The van der Waals surface area contributed by atoms with Gasteiger partial charge in [-0.05, 0) is 297 Å². The number of hydrogen-bond donors (Lipinski definition) is 1. The van der Waals surface area contributed by atoms with Crippen LogP contribution in [-0.2, 0) is 60.3 Å². The number of benzene rings is 8. The molecule has 8 aromatic carbocycles. The molecule has 146 heavy (non-hydrogen) atoms. The van der Waals surface area contributed by atoms with Gasteiger partial charge in [-0.25, -0.2) is 29.9 Å². The molecule has 0 aliphatic carbocycles. The summed E-state index contributed by atoms with van der Waals surface area (Å²) in [5.74, 6) is 4.39. The van der Waals surface area contributed by atoms with Crippen molar-refractivity contribution in [3.05, 3.63) is 290 Å². The molecule has 4 aliphatic rings. The molecule has 14 heterocycles. The van der Waals surface area contributed by atoms with Crippen LogP contribution < -0.4 is 19.6 Å². The van der Waals surface area contributed by atoms with Gasteiger partial charge < -0.3 is 47.3 Å². The zero-order valence-electron chi connectivity index (χ0n) is 93.0. The average molecular weight is 1960 g/mol. The summed E-state index contributed by atoms with van der Waals surface area (Å²) in [6, 6.07) is 68.3. The molecule has 768 valence electrons. The number of aryl methyl sites for hydroxylation is 2. The normalized spacial score (nSPS) is 16.4. The average Bonchev–Trinajstić information content (AvgIpc) is 1.13. The van der Waals surface area contributed by atoms with Crippen molar-refractivity contribution >= 4 is 110 Å². The highest BCUT2D eigenvalue weighted by molar-refractivity contribution is 5.92. The van der Waals surface area contributed by atoms with Gasteiger partial charge in [-0.15, -0.1) is 0 Å². The summed E-state index contributed by atoms with van der Waals surface area (Å²) < 4.78 is 21.8. The number of nitrogens with one attached hydrogen (secondary N) is 1. The van der Waals surface area contributed by atoms with Gasteiger partial charge in [-0.3, -0.25) is 9.78 Å². The van der Waals surface area contributed by atoms with Crippen molar-refractivity contribution in [2.75, 3.05) is 73.1 Å². The lowest BCUT2D eigenvalue weighted by atomic mass is 9.84. The zero-order chi connectivity index (χ0) is 105. The molecular weight excluding hydrogens is 1800 g/mol. The third-order valence-electron chi connectivity index (χ3n) is 28.9. The molecule has 0 saturated carbocycles. The third kappa shape index (κ3) is 25.3. The predicted octanol–water partition coefficient (Wildman–Crippen LogP) is 30.0. The zero-order valence-corrected chi connectivity index (χ0v) is 93.0. The van der Waals surface area contributed by atoms with Crippen LogP contribution in [0.25, 0.3) is 109 Å². The minimum absolute atomic E-state index is 0.0301. The molecule has 22 rings (SSSR count). The lowest BCUT2D eigenvalue weighted by Crippen LogP contribution is -2.27. The first-order chi connectivity index (χ1) is 69.0. The predicted molar refractivity (Wildman–Crippen MR) is 617 cm³/mol. The van der Waals surface area contributed by atoms with Gasteiger partial charge in [-0.2, -0.15) is 10.2 Å². The molecular formula is C126H162N18O2. The SMILES string of the molecule is CC(C)(C)n1ccc2ccccc21.CC(C)(C)n1cnc2cc(-c3cn[nH]c3)ccc21.CO[C@@H]1CCN(c2cc3cccc(C(C)(C)C)c3cn2)C1.CO[C@H]1CCN(c2cc3cccc(C(C)(C)C)c3cn2)C1.C[C@@H]1CCCN1c1cc2cccc(C(C)(C)C)c2cn1.C[C@H]1CCCN1c1cc2cccc(C(C)(C)C)c2cn1.Cc1cn(C(C)(C)C)c2ccccc12.Cn1cc(-c2ccc3ncn(C(C)(C)C)c3c2)cn1. The Balaban J connectivity index is 0.000000126. The summed E-state index contributed by atoms with van der Waals surface area (Å²) in [7, 11) is 5.51. The van der Waals surface area contributed by atoms with Crippen LogP contribution in [0.5, 0.6) is 0 Å². The lowest BCUT2D eigenvalue weighted by Gasteiger charge is -2.24. The molecule has 4 saturated heterocycles. The largest absolute Gasteiger partial charge is 0.380 e. The number of ether oxygens (including phenoxy) is 2. The Hall–Kier alpha value is -13.0. The van der Waals surface area contributed by atoms with E-state index >= 15 is 0 Å². The molecule has 4 aliphatic heterocycles. The maximum Gasteiger partial charge on any atom is 0.129 e. The highest BCUT2D eigenvalue weighted by atomic mass is 16.5. The van der Waals surface area contributed by atoms with Crippen molar-refractivity contribution < 1.29 is 9.47 Å². The molecule has 0 unspecified atom stereocenters. The first-order valence-electron chi connectivity index (χ1n) is 52.7. The fourth-order valence-corrected chi connectivity index (χ4v) is 20.7. The smallest absolute Gasteiger partial charge is 0.129 e. The summed E-state index contributed by atoms with van der Waals surface area (Å²) in [6.45, 7) is 66.5. The number of aromatic amines is 1. The second kappa shape index (κ2) is 43.9. The fourth-order valence-electron chi connectivity index (χ4n) is 20.7. The molecule has 18 aromatic rings. The topological polar surface area (TPSA) is 175 Å². The number of nitrogens with zero attached hydrogens (tertiary/aromatic N) is 17. The Kier molecular flexibility index (Phi) is 32.3. The molecule has 1 N–H and O–H groups in total. The molecule has 0 bridgehead atoms. The van der Waals surface area contributed by atoms with Crippen LogP contribution in [-0.4, -0.2) is 146 Å². The Morgan fingerprint density at radius 2 is 0.740 bits per heavy atom. The first-order valence-corrected chi connectivity index (χ1v) is 52.7. The van der Waals surface area contributed by atoms with Crippen molar-refractivity contribution in [1.29, 1.82) is 0 Å². The van der Waals surface area contributed by atoms with Crippen LogP contribution in [0.1, 0.15) is 246 Å². The van der Waals surface area contributed by atoms with Crippen molar-refractivity contribution in [3.63, 3.8) is 0 Å². The number of aromatic nitrogens is 14. The number of para-hydroxylation sites is 2. The van der Waals surface area contributed by atoms with E-state index in [9.17, 15) is 0 Å². The molecule has 0 spiro atoms. The number of rotatable bonds is 8. The fraction of sp³-hybridized carbons (Fsp3) is 0.429. The lowest BCUT2D eigenvalue weighted by molar-refractivity contribution is 0.121. The van der Waals surface area contributed by atoms with Gasteiger partial charge in [0.15, 0.2) is 0 Å². The van der Waals surface area contributed by atoms with Crippen molar-refractivity contribution in [2.45, 2.75) is 294 Å². The van der Waals surface area contributed by atoms with E-state index in [1.807, 2.05) is 61.6 Å². The summed E-state index contributed by atoms with van der Waals surface area (Å²) >= 11 is 0. The minimum Gasteiger partial charge on any atom is -0.380 e. The van der Waals surface area contributed by atoms with Gasteiger partial charge in [0.05, 0.1) is 59.3 Å². The van der Waals surface area contributed by atoms with Crippen LogP contribution in [0, 0.1) is 6.92 Å². The number of hydrogen-bond acceptors (Lipinski definition) is 14. The number of H-pyrrole nitrogens is 1. The van der Waals surface area contributed by atoms with Crippen LogP contribution >= 0.6 is 0 Å². The van der Waals surface area contributed by atoms with Gasteiger partial charge in [0.25, 0.3) is 0 Å². The molecule has 0 radical (unpaired) electrons. The van der Waals surface area contributed by atoms with E-state index in [1.165, 1.54) is 124 Å². The number of pyridine rings is 4. The third-order valence-corrected chi connectivity index (χ3v) is 28.9. The highest BCUT2D eigenvalue weighted by Crippen LogP contribution is 2.40. The monoisotopic (exact) mass is 1960 g/mol. The van der Waals surface area contributed by atoms with E-state index in [0.29, 0.717) is 24.3 Å². The van der Waals surface area contributed by atoms with E-state index < -0.39 is 0 Å². The van der Waals surface area contributed by atoms with E-state index in [0.717, 1.165) is 114 Å². The van der Waals surface area contributed by atoms with Crippen LogP contribution in [0.4, 0.5) is 23.3 Å². The standard InChI is InChI=1S/2C18H24N2O.2C18H24N2.C15H18N4.C14H16N4.C13H17N.C12H15N/c2*1-18(2,3)16-7-5-6-13-10-17(19-11-15(13)16)20-9-8-14(12-20)21-4;2*1-13-7-6-10-20(13)17-11-14-8-5-9-16(18(2,3)4)15(14)12-19-17;1-15(2,3)19-10-16-13-6-5-11(7-14(13)19)12-8-17-18(4)9-12;1-14(2,3)18-9-15-12-6-10(4-5-13(12)18)11-7-16-17-8-11;1-10-9-14(13(2,3)4)12-8-6-5-7-11(10)12;1-12(2,3)13-9-8-10-6-4-5-7-11(10)13/h2*5-7,10-11,14H,8-9,12H2,1-4H3;2*5,8-9,11-13H,6-7,10H2,1-4H3;5-10H,1-4H3;4-9H,1-3H3,(H,16,17);5-9H,1-4H3;4-9H,1-3H3/t2*14-;2*13-;;;;/m1010..../s1. The number of methoxy groups -OCH3 is 2. The van der Waals surface area contributed by atoms with Crippen LogP contribution in [0.2, 0.25) is 0 Å². The summed E-state index contributed by atoms with van der Waals surface area (Å²) in [6.07, 6.45) is 32.0. The molecule has 4 fully saturated rings. The van der Waals surface area contributed by atoms with Gasteiger partial charge in [0.2, 0.25) is 0 Å². The molecule has 10 aromatic heterocycles. The second-order valence-electron chi connectivity index (χ2n) is 48.5. The Morgan fingerprint density at radius 3 is 1.15 bits per heavy atom. The Morgan fingerprint density at radius 1 is 0.329 bits per heavy atom. The first kappa shape index (κ1) is 107. The van der Waals surface area contributed by atoms with E-state index in [1.54, 1.807) is 14.2 Å². The van der Waals surface area contributed by atoms with Gasteiger partial charge in [-0.1, -0.05) is 204 Å². The quantitative estimate of drug-likeness (QED) is 0.152. The summed E-state index contributed by atoms with van der Waals surface area (Å²) in [5.41, 5.74) is 19.4. The van der Waals surface area contributed by atoms with Crippen molar-refractivity contribution in [3.8, 4) is 22.3 Å². The molecule has 4 atom stereocenters. The summed E-state index contributed by atoms with van der Waals surface area (Å²) in [4.78, 5) is 37.3. The Labute approximate surface area is 868 Å². The van der Waals surface area contributed by atoms with Crippen molar-refractivity contribution in [1.82, 2.24) is 68.2 Å². The number of fused-ring (bicyclic) bond motifs is 8. The van der Waals surface area contributed by atoms with Gasteiger partial charge >= 0.3 is 0 Å². The molecule has 20 heteroatoms. The van der Waals surface area contributed by atoms with Gasteiger partial charge in [0.1, 0.15) is 23.3 Å². The van der Waals surface area contributed by atoms with E-state index in [-0.39, 0.29) is 43.8 Å².